The summed E-state index contributed by atoms with van der Waals surface area (Å²) in [6.07, 6.45) is 1.40. The zero-order valence-corrected chi connectivity index (χ0v) is 8.18. The molecule has 0 heterocycles. The molecule has 0 radical (unpaired) electrons. The predicted octanol–water partition coefficient (Wildman–Crippen LogP) is 0.765. The SMILES string of the molecule is CC(O)(CCCCl)COCCO. The molecule has 0 aliphatic carbocycles. The topological polar surface area (TPSA) is 49.7 Å². The molecule has 0 aromatic heterocycles. The van der Waals surface area contributed by atoms with E-state index in [4.69, 9.17) is 21.4 Å². The maximum atomic E-state index is 9.61. The van der Waals surface area contributed by atoms with Crippen LogP contribution in [0.25, 0.3) is 0 Å². The third-order valence-corrected chi connectivity index (χ3v) is 1.76. The largest absolute Gasteiger partial charge is 0.394 e. The van der Waals surface area contributed by atoms with Crippen LogP contribution in [0.1, 0.15) is 19.8 Å². The number of aliphatic hydroxyl groups excluding tert-OH is 1. The second-order valence-corrected chi connectivity index (χ2v) is 3.44. The Hall–Kier alpha value is 0.170. The molecule has 3 nitrogen and oxygen atoms in total. The van der Waals surface area contributed by atoms with Crippen LogP contribution in [-0.2, 0) is 4.74 Å². The minimum Gasteiger partial charge on any atom is -0.394 e. The van der Waals surface area contributed by atoms with Crippen molar-refractivity contribution in [2.24, 2.45) is 0 Å². The normalized spacial score (nSPS) is 16.0. The van der Waals surface area contributed by atoms with Crippen LogP contribution in [0.2, 0.25) is 0 Å². The van der Waals surface area contributed by atoms with Crippen molar-refractivity contribution in [2.45, 2.75) is 25.4 Å². The number of halogens is 1. The first-order valence-electron chi connectivity index (χ1n) is 4.09. The number of hydrogen-bond acceptors (Lipinski definition) is 3. The lowest BCUT2D eigenvalue weighted by Gasteiger charge is -2.22. The summed E-state index contributed by atoms with van der Waals surface area (Å²) in [5.41, 5.74) is -0.815. The highest BCUT2D eigenvalue weighted by Crippen LogP contribution is 2.12. The second-order valence-electron chi connectivity index (χ2n) is 3.07. The van der Waals surface area contributed by atoms with E-state index in [1.54, 1.807) is 6.92 Å². The number of ether oxygens (including phenoxy) is 1. The average Bonchev–Trinajstić information content (AvgIpc) is 2.01. The van der Waals surface area contributed by atoms with Gasteiger partial charge >= 0.3 is 0 Å². The van der Waals surface area contributed by atoms with E-state index >= 15 is 0 Å². The minimum atomic E-state index is -0.815. The summed E-state index contributed by atoms with van der Waals surface area (Å²) in [5.74, 6) is 0.552. The first-order valence-corrected chi connectivity index (χ1v) is 4.63. The van der Waals surface area contributed by atoms with Crippen LogP contribution >= 0.6 is 11.6 Å². The molecule has 2 N–H and O–H groups in total. The Labute approximate surface area is 78.3 Å². The Kier molecular flexibility index (Phi) is 6.76. The van der Waals surface area contributed by atoms with Crippen molar-refractivity contribution in [3.05, 3.63) is 0 Å². The maximum Gasteiger partial charge on any atom is 0.0852 e. The monoisotopic (exact) mass is 196 g/mol. The number of aliphatic hydroxyl groups is 2. The highest BCUT2D eigenvalue weighted by molar-refractivity contribution is 6.17. The molecule has 0 aliphatic rings. The van der Waals surface area contributed by atoms with Crippen LogP contribution in [0.15, 0.2) is 0 Å². The van der Waals surface area contributed by atoms with Gasteiger partial charge in [0.2, 0.25) is 0 Å². The van der Waals surface area contributed by atoms with Crippen LogP contribution < -0.4 is 0 Å². The third-order valence-electron chi connectivity index (χ3n) is 1.50. The van der Waals surface area contributed by atoms with E-state index in [2.05, 4.69) is 0 Å². The fraction of sp³-hybridized carbons (Fsp3) is 1.00. The van der Waals surface area contributed by atoms with E-state index in [1.165, 1.54) is 0 Å². The standard InChI is InChI=1S/C8H17ClO3/c1-8(11,3-2-4-9)7-12-6-5-10/h10-11H,2-7H2,1H3. The van der Waals surface area contributed by atoms with Crippen molar-refractivity contribution in [1.82, 2.24) is 0 Å². The first kappa shape index (κ1) is 12.2. The summed E-state index contributed by atoms with van der Waals surface area (Å²) < 4.78 is 5.00. The molecule has 0 aromatic rings. The fourth-order valence-corrected chi connectivity index (χ4v) is 1.01. The molecule has 0 aromatic carbocycles. The van der Waals surface area contributed by atoms with E-state index in [0.717, 1.165) is 6.42 Å². The Morgan fingerprint density at radius 3 is 2.67 bits per heavy atom. The van der Waals surface area contributed by atoms with Gasteiger partial charge in [0.05, 0.1) is 25.4 Å². The van der Waals surface area contributed by atoms with Crippen LogP contribution in [0.5, 0.6) is 0 Å². The Bertz CT molecular complexity index is 106. The Morgan fingerprint density at radius 1 is 1.50 bits per heavy atom. The van der Waals surface area contributed by atoms with Crippen LogP contribution in [0.4, 0.5) is 0 Å². The molecule has 74 valence electrons. The number of alkyl halides is 1. The molecule has 0 saturated heterocycles. The average molecular weight is 197 g/mol. The van der Waals surface area contributed by atoms with E-state index in [0.29, 0.717) is 12.3 Å². The van der Waals surface area contributed by atoms with Gasteiger partial charge in [-0.2, -0.15) is 0 Å². The van der Waals surface area contributed by atoms with Gasteiger partial charge in [-0.05, 0) is 19.8 Å². The predicted molar refractivity (Wildman–Crippen MR) is 48.5 cm³/mol. The third kappa shape index (κ3) is 6.85. The maximum absolute atomic E-state index is 9.61. The molecule has 0 rings (SSSR count). The van der Waals surface area contributed by atoms with Crippen molar-refractivity contribution >= 4 is 11.6 Å². The van der Waals surface area contributed by atoms with Crippen molar-refractivity contribution in [3.8, 4) is 0 Å². The summed E-state index contributed by atoms with van der Waals surface area (Å²) in [6, 6.07) is 0. The van der Waals surface area contributed by atoms with Crippen molar-refractivity contribution < 1.29 is 14.9 Å². The minimum absolute atomic E-state index is 0.00835. The van der Waals surface area contributed by atoms with Gasteiger partial charge < -0.3 is 14.9 Å². The molecule has 0 fully saturated rings. The molecule has 4 heteroatoms. The van der Waals surface area contributed by atoms with Gasteiger partial charge in [0.15, 0.2) is 0 Å². The van der Waals surface area contributed by atoms with Crippen molar-refractivity contribution in [1.29, 1.82) is 0 Å². The summed E-state index contributed by atoms with van der Waals surface area (Å²) in [5, 5.41) is 18.0. The lowest BCUT2D eigenvalue weighted by molar-refractivity contribution is -0.0456. The van der Waals surface area contributed by atoms with E-state index in [-0.39, 0.29) is 19.8 Å². The molecular weight excluding hydrogens is 180 g/mol. The van der Waals surface area contributed by atoms with Crippen LogP contribution in [0.3, 0.4) is 0 Å². The lowest BCUT2D eigenvalue weighted by Crippen LogP contribution is -2.31. The van der Waals surface area contributed by atoms with Crippen molar-refractivity contribution in [3.63, 3.8) is 0 Å². The molecule has 1 unspecified atom stereocenters. The van der Waals surface area contributed by atoms with Gasteiger partial charge in [0.25, 0.3) is 0 Å². The fourth-order valence-electron chi connectivity index (χ4n) is 0.876. The summed E-state index contributed by atoms with van der Waals surface area (Å²) >= 11 is 5.48. The quantitative estimate of drug-likeness (QED) is 0.467. The van der Waals surface area contributed by atoms with Gasteiger partial charge in [-0.25, -0.2) is 0 Å². The van der Waals surface area contributed by atoms with Crippen LogP contribution in [-0.4, -0.2) is 41.5 Å². The molecule has 0 aliphatic heterocycles. The number of rotatable bonds is 7. The highest BCUT2D eigenvalue weighted by Gasteiger charge is 2.19. The second kappa shape index (κ2) is 6.66. The molecule has 0 amide bonds. The first-order chi connectivity index (χ1) is 5.62. The summed E-state index contributed by atoms with van der Waals surface area (Å²) in [6.45, 7) is 2.23. The smallest absolute Gasteiger partial charge is 0.0852 e. The molecular formula is C8H17ClO3. The molecule has 12 heavy (non-hydrogen) atoms. The van der Waals surface area contributed by atoms with E-state index in [9.17, 15) is 5.11 Å². The zero-order valence-electron chi connectivity index (χ0n) is 7.42. The van der Waals surface area contributed by atoms with Crippen molar-refractivity contribution in [2.75, 3.05) is 25.7 Å². The van der Waals surface area contributed by atoms with E-state index in [1.807, 2.05) is 0 Å². The van der Waals surface area contributed by atoms with Gasteiger partial charge in [-0.3, -0.25) is 0 Å². The lowest BCUT2D eigenvalue weighted by atomic mass is 10.0. The molecule has 1 atom stereocenters. The highest BCUT2D eigenvalue weighted by atomic mass is 35.5. The van der Waals surface area contributed by atoms with Crippen LogP contribution in [0, 0.1) is 0 Å². The van der Waals surface area contributed by atoms with Gasteiger partial charge in [-0.15, -0.1) is 11.6 Å². The zero-order chi connectivity index (χ0) is 9.45. The molecule has 0 bridgehead atoms. The molecule has 0 spiro atoms. The van der Waals surface area contributed by atoms with Gasteiger partial charge in [-0.1, -0.05) is 0 Å². The van der Waals surface area contributed by atoms with E-state index < -0.39 is 5.60 Å². The van der Waals surface area contributed by atoms with Gasteiger partial charge in [0, 0.05) is 5.88 Å². The Balaban J connectivity index is 3.42. The Morgan fingerprint density at radius 2 is 2.17 bits per heavy atom. The molecule has 0 saturated carbocycles. The number of hydrogen-bond donors (Lipinski definition) is 2. The van der Waals surface area contributed by atoms with Gasteiger partial charge in [0.1, 0.15) is 0 Å². The summed E-state index contributed by atoms with van der Waals surface area (Å²) in [4.78, 5) is 0. The summed E-state index contributed by atoms with van der Waals surface area (Å²) in [7, 11) is 0.